The van der Waals surface area contributed by atoms with Crippen molar-refractivity contribution in [3.05, 3.63) is 57.6 Å². The fourth-order valence-electron chi connectivity index (χ4n) is 2.37. The molecule has 0 aliphatic carbocycles. The number of nitrogens with one attached hydrogen (secondary N) is 2. The van der Waals surface area contributed by atoms with Crippen molar-refractivity contribution in [3.8, 4) is 0 Å². The Morgan fingerprint density at radius 1 is 1.05 bits per heavy atom. The van der Waals surface area contributed by atoms with Crippen molar-refractivity contribution in [2.45, 2.75) is 27.2 Å². The van der Waals surface area contributed by atoms with E-state index >= 15 is 0 Å². The van der Waals surface area contributed by atoms with Crippen LogP contribution in [-0.4, -0.2) is 12.5 Å². The monoisotopic (exact) mass is 360 g/mol. The summed E-state index contributed by atoms with van der Waals surface area (Å²) in [7, 11) is 0. The summed E-state index contributed by atoms with van der Waals surface area (Å²) in [6.07, 6.45) is 0.434. The number of anilines is 2. The molecule has 4 heteroatoms. The van der Waals surface area contributed by atoms with E-state index < -0.39 is 0 Å². The largest absolute Gasteiger partial charge is 0.384 e. The second-order valence-corrected chi connectivity index (χ2v) is 6.37. The molecule has 0 heterocycles. The van der Waals surface area contributed by atoms with Crippen LogP contribution in [0.15, 0.2) is 40.9 Å². The Bertz CT molecular complexity index is 663. The summed E-state index contributed by atoms with van der Waals surface area (Å²) < 4.78 is 1.01. The summed E-state index contributed by atoms with van der Waals surface area (Å²) in [4.78, 5) is 12.0. The van der Waals surface area contributed by atoms with Crippen LogP contribution in [0, 0.1) is 20.8 Å². The summed E-state index contributed by atoms with van der Waals surface area (Å²) in [5.41, 5.74) is 5.43. The van der Waals surface area contributed by atoms with Gasteiger partial charge < -0.3 is 10.6 Å². The quantitative estimate of drug-likeness (QED) is 0.802. The van der Waals surface area contributed by atoms with Crippen LogP contribution in [0.2, 0.25) is 0 Å². The number of amides is 1. The standard InChI is InChI=1S/C18H21BrN2O/c1-12-5-4-6-13(2)18(12)20-10-9-17(22)21-16-8-7-15(19)11-14(16)3/h4-8,11,20H,9-10H2,1-3H3,(H,21,22). The molecule has 0 aliphatic rings. The molecule has 2 N–H and O–H groups in total. The first kappa shape index (κ1) is 16.6. The highest BCUT2D eigenvalue weighted by Gasteiger charge is 2.06. The number of halogens is 1. The van der Waals surface area contributed by atoms with Crippen LogP contribution >= 0.6 is 15.9 Å². The Balaban J connectivity index is 1.88. The molecule has 0 atom stereocenters. The lowest BCUT2D eigenvalue weighted by Crippen LogP contribution is -2.17. The first-order valence-corrected chi connectivity index (χ1v) is 8.13. The molecule has 0 fully saturated rings. The minimum atomic E-state index is 0.0177. The van der Waals surface area contributed by atoms with Crippen molar-refractivity contribution in [3.63, 3.8) is 0 Å². The Morgan fingerprint density at radius 2 is 1.73 bits per heavy atom. The van der Waals surface area contributed by atoms with E-state index in [0.717, 1.165) is 21.4 Å². The summed E-state index contributed by atoms with van der Waals surface area (Å²) in [5, 5.41) is 6.31. The van der Waals surface area contributed by atoms with Crippen LogP contribution in [0.5, 0.6) is 0 Å². The second kappa shape index (κ2) is 7.45. The van der Waals surface area contributed by atoms with Crippen LogP contribution < -0.4 is 10.6 Å². The van der Waals surface area contributed by atoms with E-state index in [0.29, 0.717) is 13.0 Å². The van der Waals surface area contributed by atoms with Crippen LogP contribution in [0.3, 0.4) is 0 Å². The van der Waals surface area contributed by atoms with Crippen molar-refractivity contribution in [2.24, 2.45) is 0 Å². The Hall–Kier alpha value is -1.81. The summed E-state index contributed by atoms with van der Waals surface area (Å²) >= 11 is 3.42. The lowest BCUT2D eigenvalue weighted by atomic mass is 10.1. The zero-order valence-corrected chi connectivity index (χ0v) is 14.8. The van der Waals surface area contributed by atoms with E-state index in [1.165, 1.54) is 11.1 Å². The number of hydrogen-bond acceptors (Lipinski definition) is 2. The van der Waals surface area contributed by atoms with E-state index in [1.54, 1.807) is 0 Å². The van der Waals surface area contributed by atoms with Crippen LogP contribution in [-0.2, 0) is 4.79 Å². The van der Waals surface area contributed by atoms with Gasteiger partial charge in [0.2, 0.25) is 5.91 Å². The van der Waals surface area contributed by atoms with Gasteiger partial charge in [-0.05, 0) is 55.7 Å². The molecule has 22 heavy (non-hydrogen) atoms. The number of aryl methyl sites for hydroxylation is 3. The molecule has 0 spiro atoms. The molecule has 2 aromatic carbocycles. The van der Waals surface area contributed by atoms with Gasteiger partial charge in [-0.2, -0.15) is 0 Å². The van der Waals surface area contributed by atoms with E-state index in [2.05, 4.69) is 52.5 Å². The summed E-state index contributed by atoms with van der Waals surface area (Å²) in [6.45, 7) is 6.74. The smallest absolute Gasteiger partial charge is 0.226 e. The molecule has 0 radical (unpaired) electrons. The molecule has 2 rings (SSSR count). The third-order valence-corrected chi connectivity index (χ3v) is 4.09. The number of carbonyl (C=O) groups is 1. The van der Waals surface area contributed by atoms with Gasteiger partial charge in [-0.15, -0.1) is 0 Å². The van der Waals surface area contributed by atoms with Gasteiger partial charge in [0.1, 0.15) is 0 Å². The van der Waals surface area contributed by atoms with Gasteiger partial charge in [0, 0.05) is 28.8 Å². The lowest BCUT2D eigenvalue weighted by molar-refractivity contribution is -0.115. The van der Waals surface area contributed by atoms with Crippen molar-refractivity contribution in [1.82, 2.24) is 0 Å². The predicted octanol–water partition coefficient (Wildman–Crippen LogP) is 4.82. The number of benzene rings is 2. The number of rotatable bonds is 5. The molecule has 0 aliphatic heterocycles. The molecule has 0 aromatic heterocycles. The average molecular weight is 361 g/mol. The van der Waals surface area contributed by atoms with Gasteiger partial charge in [0.15, 0.2) is 0 Å². The zero-order valence-electron chi connectivity index (χ0n) is 13.2. The van der Waals surface area contributed by atoms with Crippen molar-refractivity contribution in [2.75, 3.05) is 17.2 Å². The molecule has 2 aromatic rings. The van der Waals surface area contributed by atoms with Crippen LogP contribution in [0.1, 0.15) is 23.1 Å². The molecule has 0 unspecified atom stereocenters. The minimum Gasteiger partial charge on any atom is -0.384 e. The minimum absolute atomic E-state index is 0.0177. The number of carbonyl (C=O) groups excluding carboxylic acids is 1. The van der Waals surface area contributed by atoms with Crippen LogP contribution in [0.4, 0.5) is 11.4 Å². The third kappa shape index (κ3) is 4.34. The molecule has 0 saturated heterocycles. The van der Waals surface area contributed by atoms with Gasteiger partial charge in [-0.3, -0.25) is 4.79 Å². The first-order chi connectivity index (χ1) is 10.5. The third-order valence-electron chi connectivity index (χ3n) is 3.60. The van der Waals surface area contributed by atoms with Gasteiger partial charge in [0.05, 0.1) is 0 Å². The second-order valence-electron chi connectivity index (χ2n) is 5.45. The summed E-state index contributed by atoms with van der Waals surface area (Å²) in [5.74, 6) is 0.0177. The van der Waals surface area contributed by atoms with Gasteiger partial charge >= 0.3 is 0 Å². The van der Waals surface area contributed by atoms with E-state index in [4.69, 9.17) is 0 Å². The fourth-order valence-corrected chi connectivity index (χ4v) is 2.85. The first-order valence-electron chi connectivity index (χ1n) is 7.33. The maximum Gasteiger partial charge on any atom is 0.226 e. The molecule has 3 nitrogen and oxygen atoms in total. The van der Waals surface area contributed by atoms with Crippen molar-refractivity contribution >= 4 is 33.2 Å². The number of hydrogen-bond donors (Lipinski definition) is 2. The van der Waals surface area contributed by atoms with E-state index in [1.807, 2.05) is 31.2 Å². The van der Waals surface area contributed by atoms with Crippen LogP contribution in [0.25, 0.3) is 0 Å². The van der Waals surface area contributed by atoms with Crippen molar-refractivity contribution in [1.29, 1.82) is 0 Å². The summed E-state index contributed by atoms with van der Waals surface area (Å²) in [6, 6.07) is 12.0. The predicted molar refractivity (Wildman–Crippen MR) is 96.5 cm³/mol. The topological polar surface area (TPSA) is 41.1 Å². The molecular weight excluding hydrogens is 340 g/mol. The Morgan fingerprint density at radius 3 is 2.36 bits per heavy atom. The fraction of sp³-hybridized carbons (Fsp3) is 0.278. The number of para-hydroxylation sites is 1. The maximum absolute atomic E-state index is 12.0. The van der Waals surface area contributed by atoms with Gasteiger partial charge in [-0.1, -0.05) is 34.1 Å². The average Bonchev–Trinajstić information content (AvgIpc) is 2.45. The Kier molecular flexibility index (Phi) is 5.61. The van der Waals surface area contributed by atoms with E-state index in [-0.39, 0.29) is 5.91 Å². The highest BCUT2D eigenvalue weighted by molar-refractivity contribution is 9.10. The normalized spacial score (nSPS) is 10.4. The molecule has 0 bridgehead atoms. The molecule has 0 saturated carbocycles. The molecular formula is C18H21BrN2O. The SMILES string of the molecule is Cc1cc(Br)ccc1NC(=O)CCNc1c(C)cccc1C. The lowest BCUT2D eigenvalue weighted by Gasteiger charge is -2.13. The van der Waals surface area contributed by atoms with E-state index in [9.17, 15) is 4.79 Å². The van der Waals surface area contributed by atoms with Crippen molar-refractivity contribution < 1.29 is 4.79 Å². The van der Waals surface area contributed by atoms with Gasteiger partial charge in [0.25, 0.3) is 0 Å². The maximum atomic E-state index is 12.0. The highest BCUT2D eigenvalue weighted by atomic mass is 79.9. The Labute approximate surface area is 140 Å². The molecule has 1 amide bonds. The highest BCUT2D eigenvalue weighted by Crippen LogP contribution is 2.21. The van der Waals surface area contributed by atoms with Gasteiger partial charge in [-0.25, -0.2) is 0 Å². The molecule has 116 valence electrons. The zero-order chi connectivity index (χ0) is 16.1.